The van der Waals surface area contributed by atoms with E-state index in [9.17, 15) is 4.79 Å². The number of aromatic nitrogens is 1. The van der Waals surface area contributed by atoms with Gasteiger partial charge < -0.3 is 15.5 Å². The van der Waals surface area contributed by atoms with Crippen LogP contribution < -0.4 is 10.6 Å². The van der Waals surface area contributed by atoms with E-state index >= 15 is 0 Å². The first kappa shape index (κ1) is 26.5. The van der Waals surface area contributed by atoms with Crippen molar-refractivity contribution < 1.29 is 4.79 Å². The summed E-state index contributed by atoms with van der Waals surface area (Å²) in [7, 11) is 1.80. The van der Waals surface area contributed by atoms with E-state index in [4.69, 9.17) is 11.6 Å². The van der Waals surface area contributed by atoms with Gasteiger partial charge in [-0.05, 0) is 43.3 Å². The minimum Gasteiger partial charge on any atom is -0.357 e. The highest BCUT2D eigenvalue weighted by Gasteiger charge is 2.09. The number of aliphatic imine (C=N–C) groups is 1. The van der Waals surface area contributed by atoms with Crippen LogP contribution in [0.15, 0.2) is 58.5 Å². The molecule has 1 aromatic heterocycles. The molecule has 0 radical (unpaired) electrons. The van der Waals surface area contributed by atoms with Gasteiger partial charge in [0.2, 0.25) is 5.91 Å². The largest absolute Gasteiger partial charge is 0.357 e. The quantitative estimate of drug-likeness (QED) is 0.152. The van der Waals surface area contributed by atoms with Gasteiger partial charge >= 0.3 is 0 Å². The number of thioether (sulfide) groups is 1. The van der Waals surface area contributed by atoms with Gasteiger partial charge in [0.1, 0.15) is 6.54 Å². The Kier molecular flexibility index (Phi) is 13.5. The highest BCUT2D eigenvalue weighted by atomic mass is 127. The molecule has 6 nitrogen and oxygen atoms in total. The molecule has 30 heavy (non-hydrogen) atoms. The molecule has 0 aliphatic carbocycles. The molecule has 164 valence electrons. The Hall–Kier alpha value is -1.52. The number of likely N-dealkylation sites (N-methyl/N-ethyl adjacent to an activating group) is 1. The zero-order chi connectivity index (χ0) is 20.9. The van der Waals surface area contributed by atoms with Crippen molar-refractivity contribution in [2.24, 2.45) is 4.99 Å². The first-order chi connectivity index (χ1) is 14.1. The van der Waals surface area contributed by atoms with Crippen LogP contribution in [0.3, 0.4) is 0 Å². The first-order valence-electron chi connectivity index (χ1n) is 9.63. The van der Waals surface area contributed by atoms with Crippen molar-refractivity contribution in [3.8, 4) is 0 Å². The Bertz CT molecular complexity index is 777. The fraction of sp³-hybridized carbons (Fsp3) is 0.381. The summed E-state index contributed by atoms with van der Waals surface area (Å²) in [5.41, 5.74) is 0.976. The third kappa shape index (κ3) is 10.5. The number of carbonyl (C=O) groups excluding carboxylic acids is 1. The van der Waals surface area contributed by atoms with Gasteiger partial charge in [0.05, 0.1) is 0 Å². The van der Waals surface area contributed by atoms with Crippen molar-refractivity contribution in [3.05, 3.63) is 59.4 Å². The van der Waals surface area contributed by atoms with Gasteiger partial charge in [0.15, 0.2) is 5.96 Å². The number of hydrogen-bond acceptors (Lipinski definition) is 4. The van der Waals surface area contributed by atoms with Crippen molar-refractivity contribution in [2.45, 2.75) is 18.2 Å². The maximum atomic E-state index is 12.3. The smallest absolute Gasteiger partial charge is 0.244 e. The lowest BCUT2D eigenvalue weighted by atomic mass is 10.2. The summed E-state index contributed by atoms with van der Waals surface area (Å²) >= 11 is 7.64. The molecule has 9 heteroatoms. The second-order valence-corrected chi connectivity index (χ2v) is 7.92. The molecular weight excluding hydrogens is 533 g/mol. The van der Waals surface area contributed by atoms with Gasteiger partial charge in [-0.2, -0.15) is 0 Å². The second kappa shape index (κ2) is 15.3. The molecule has 2 aromatic rings. The molecule has 0 aliphatic heterocycles. The average Bonchev–Trinajstić information content (AvgIpc) is 2.75. The molecule has 0 aliphatic rings. The summed E-state index contributed by atoms with van der Waals surface area (Å²) in [4.78, 5) is 23.9. The van der Waals surface area contributed by atoms with Gasteiger partial charge in [-0.3, -0.25) is 9.78 Å². The van der Waals surface area contributed by atoms with Crippen LogP contribution in [0.5, 0.6) is 0 Å². The number of benzene rings is 1. The summed E-state index contributed by atoms with van der Waals surface area (Å²) in [5.74, 6) is 1.51. The Morgan fingerprint density at radius 2 is 1.97 bits per heavy atom. The van der Waals surface area contributed by atoms with E-state index in [1.807, 2.05) is 49.4 Å². The number of halogens is 2. The van der Waals surface area contributed by atoms with Crippen LogP contribution >= 0.6 is 47.3 Å². The van der Waals surface area contributed by atoms with Crippen molar-refractivity contribution in [3.63, 3.8) is 0 Å². The zero-order valence-electron chi connectivity index (χ0n) is 17.3. The van der Waals surface area contributed by atoms with Crippen molar-refractivity contribution in [1.29, 1.82) is 0 Å². The summed E-state index contributed by atoms with van der Waals surface area (Å²) < 4.78 is 0. The van der Waals surface area contributed by atoms with E-state index < -0.39 is 0 Å². The molecule has 0 saturated heterocycles. The molecule has 1 amide bonds. The topological polar surface area (TPSA) is 69.6 Å². The standard InChI is InChI=1S/C21H28ClN5OS.HI/c1-3-23-21(25-13-15-29-19-9-7-17(22)8-10-19)26-16-20(28)27(2)14-11-18-6-4-5-12-24-18;/h4-10,12H,3,11,13-16H2,1-2H3,(H2,23,25,26);1H. The Balaban J connectivity index is 0.00000450. The molecule has 0 fully saturated rings. The fourth-order valence-corrected chi connectivity index (χ4v) is 3.33. The molecule has 0 bridgehead atoms. The highest BCUT2D eigenvalue weighted by molar-refractivity contribution is 14.0. The summed E-state index contributed by atoms with van der Waals surface area (Å²) in [6, 6.07) is 13.6. The molecule has 1 heterocycles. The molecule has 0 atom stereocenters. The predicted octanol–water partition coefficient (Wildman–Crippen LogP) is 3.70. The monoisotopic (exact) mass is 561 g/mol. The average molecular weight is 562 g/mol. The molecular formula is C21H29ClIN5OS. The van der Waals surface area contributed by atoms with Crippen LogP contribution in [0.1, 0.15) is 12.6 Å². The molecule has 1 aromatic carbocycles. The first-order valence-corrected chi connectivity index (χ1v) is 11.0. The number of nitrogens with zero attached hydrogens (tertiary/aromatic N) is 3. The fourth-order valence-electron chi connectivity index (χ4n) is 2.43. The normalized spacial score (nSPS) is 10.8. The number of nitrogens with one attached hydrogen (secondary N) is 2. The Morgan fingerprint density at radius 3 is 2.63 bits per heavy atom. The lowest BCUT2D eigenvalue weighted by Crippen LogP contribution is -2.39. The van der Waals surface area contributed by atoms with E-state index in [1.54, 1.807) is 29.9 Å². The maximum Gasteiger partial charge on any atom is 0.244 e. The third-order valence-electron chi connectivity index (χ3n) is 4.05. The molecule has 2 rings (SSSR count). The van der Waals surface area contributed by atoms with Crippen LogP contribution in [-0.4, -0.2) is 60.7 Å². The second-order valence-electron chi connectivity index (χ2n) is 6.31. The van der Waals surface area contributed by atoms with Crippen molar-refractivity contribution in [1.82, 2.24) is 20.5 Å². The molecule has 0 saturated carbocycles. The lowest BCUT2D eigenvalue weighted by molar-refractivity contribution is -0.128. The highest BCUT2D eigenvalue weighted by Crippen LogP contribution is 2.19. The van der Waals surface area contributed by atoms with Crippen LogP contribution in [-0.2, 0) is 11.2 Å². The number of pyridine rings is 1. The lowest BCUT2D eigenvalue weighted by Gasteiger charge is -2.16. The van der Waals surface area contributed by atoms with Gasteiger partial charge in [0, 0.05) is 60.7 Å². The number of rotatable bonds is 10. The van der Waals surface area contributed by atoms with E-state index in [-0.39, 0.29) is 36.4 Å². The Morgan fingerprint density at radius 1 is 1.20 bits per heavy atom. The zero-order valence-corrected chi connectivity index (χ0v) is 21.2. The number of guanidine groups is 1. The van der Waals surface area contributed by atoms with Gasteiger partial charge in [-0.25, -0.2) is 4.99 Å². The number of carbonyl (C=O) groups is 1. The van der Waals surface area contributed by atoms with E-state index in [0.717, 1.165) is 36.0 Å². The Labute approximate surface area is 205 Å². The SMILES string of the molecule is CCNC(=NCC(=O)N(C)CCc1ccccn1)NCCSc1ccc(Cl)cc1.I. The van der Waals surface area contributed by atoms with Crippen molar-refractivity contribution in [2.75, 3.05) is 39.0 Å². The van der Waals surface area contributed by atoms with E-state index in [0.29, 0.717) is 12.5 Å². The van der Waals surface area contributed by atoms with Crippen LogP contribution in [0.2, 0.25) is 5.02 Å². The minimum atomic E-state index is -0.0197. The number of hydrogen-bond donors (Lipinski definition) is 2. The molecule has 0 unspecified atom stereocenters. The van der Waals surface area contributed by atoms with Crippen molar-refractivity contribution >= 4 is 59.2 Å². The predicted molar refractivity (Wildman–Crippen MR) is 137 cm³/mol. The number of amides is 1. The summed E-state index contributed by atoms with van der Waals surface area (Å²) in [5, 5.41) is 7.18. The minimum absolute atomic E-state index is 0. The van der Waals surface area contributed by atoms with E-state index in [2.05, 4.69) is 20.6 Å². The van der Waals surface area contributed by atoms with Crippen LogP contribution in [0, 0.1) is 0 Å². The van der Waals surface area contributed by atoms with Crippen LogP contribution in [0.4, 0.5) is 0 Å². The van der Waals surface area contributed by atoms with Gasteiger partial charge in [-0.1, -0.05) is 17.7 Å². The summed E-state index contributed by atoms with van der Waals surface area (Å²) in [6.07, 6.45) is 2.49. The third-order valence-corrected chi connectivity index (χ3v) is 5.31. The van der Waals surface area contributed by atoms with Crippen LogP contribution in [0.25, 0.3) is 0 Å². The summed E-state index contributed by atoms with van der Waals surface area (Å²) in [6.45, 7) is 4.20. The van der Waals surface area contributed by atoms with Gasteiger partial charge in [-0.15, -0.1) is 35.7 Å². The van der Waals surface area contributed by atoms with Gasteiger partial charge in [0.25, 0.3) is 0 Å². The molecule has 2 N–H and O–H groups in total. The maximum absolute atomic E-state index is 12.3. The van der Waals surface area contributed by atoms with E-state index in [1.165, 1.54) is 4.90 Å². The molecule has 0 spiro atoms.